The second kappa shape index (κ2) is 7.36. The van der Waals surface area contributed by atoms with Crippen molar-refractivity contribution < 1.29 is 9.47 Å². The number of aliphatic imine (C=N–C) groups is 1. The van der Waals surface area contributed by atoms with E-state index in [4.69, 9.17) is 14.5 Å². The number of hydrogen-bond acceptors (Lipinski definition) is 7. The molecule has 6 rings (SSSR count). The Morgan fingerprint density at radius 3 is 2.74 bits per heavy atom. The first-order chi connectivity index (χ1) is 15.3. The molecule has 3 aliphatic heterocycles. The van der Waals surface area contributed by atoms with Crippen LogP contribution in [0.3, 0.4) is 0 Å². The average Bonchev–Trinajstić information content (AvgIpc) is 2.84. The molecular weight excluding hydrogens is 390 g/mol. The summed E-state index contributed by atoms with van der Waals surface area (Å²) < 4.78 is 11.3. The minimum Gasteiger partial charge on any atom is -0.486 e. The van der Waals surface area contributed by atoms with Gasteiger partial charge in [0, 0.05) is 35.3 Å². The molecule has 0 aliphatic carbocycles. The van der Waals surface area contributed by atoms with E-state index in [1.165, 1.54) is 0 Å². The van der Waals surface area contributed by atoms with Gasteiger partial charge in [0.2, 0.25) is 0 Å². The molecule has 0 saturated heterocycles. The van der Waals surface area contributed by atoms with Crippen LogP contribution in [0.4, 0.5) is 11.4 Å². The van der Waals surface area contributed by atoms with Gasteiger partial charge in [-0.2, -0.15) is 0 Å². The fourth-order valence-corrected chi connectivity index (χ4v) is 4.11. The van der Waals surface area contributed by atoms with Crippen LogP contribution in [0.5, 0.6) is 11.5 Å². The molecule has 0 saturated carbocycles. The van der Waals surface area contributed by atoms with Crippen molar-refractivity contribution in [2.24, 2.45) is 4.99 Å². The Morgan fingerprint density at radius 1 is 0.968 bits per heavy atom. The molecule has 0 spiro atoms. The minimum atomic E-state index is -0.0815. The Balaban J connectivity index is 1.34. The maximum Gasteiger partial charge on any atom is 0.163 e. The third kappa shape index (κ3) is 3.24. The highest BCUT2D eigenvalue weighted by atomic mass is 16.6. The number of hydrogen-bond donors (Lipinski definition) is 2. The molecule has 1 aromatic heterocycles. The second-order valence-electron chi connectivity index (χ2n) is 7.51. The van der Waals surface area contributed by atoms with Crippen LogP contribution >= 0.6 is 0 Å². The van der Waals surface area contributed by atoms with Gasteiger partial charge in [-0.15, -0.1) is 0 Å². The number of rotatable bonds is 2. The van der Waals surface area contributed by atoms with Gasteiger partial charge in [0.1, 0.15) is 31.9 Å². The van der Waals surface area contributed by atoms with Gasteiger partial charge in [-0.05, 0) is 30.3 Å². The quantitative estimate of drug-likeness (QED) is 0.662. The number of nitrogens with one attached hydrogen (secondary N) is 2. The number of nitrogens with zero attached hydrogens (tertiary/aromatic N) is 3. The van der Waals surface area contributed by atoms with Gasteiger partial charge < -0.3 is 25.0 Å². The molecule has 31 heavy (non-hydrogen) atoms. The highest BCUT2D eigenvalue weighted by Crippen LogP contribution is 2.40. The summed E-state index contributed by atoms with van der Waals surface area (Å²) in [5.74, 6) is 2.33. The maximum atomic E-state index is 5.70. The number of pyridine rings is 1. The highest BCUT2D eigenvalue weighted by Gasteiger charge is 2.32. The molecule has 0 fully saturated rings. The van der Waals surface area contributed by atoms with E-state index >= 15 is 0 Å². The first kappa shape index (κ1) is 17.8. The lowest BCUT2D eigenvalue weighted by molar-refractivity contribution is 0.171. The predicted molar refractivity (Wildman–Crippen MR) is 120 cm³/mol. The second-order valence-corrected chi connectivity index (χ2v) is 7.51. The van der Waals surface area contributed by atoms with E-state index in [0.717, 1.165) is 45.7 Å². The topological polar surface area (TPSA) is 71.0 Å². The number of amidine groups is 1. The van der Waals surface area contributed by atoms with Crippen molar-refractivity contribution in [3.8, 4) is 11.5 Å². The molecule has 0 radical (unpaired) electrons. The van der Waals surface area contributed by atoms with Crippen LogP contribution in [-0.4, -0.2) is 35.6 Å². The molecule has 3 aromatic rings. The van der Waals surface area contributed by atoms with E-state index in [-0.39, 0.29) is 6.17 Å². The van der Waals surface area contributed by atoms with Crippen LogP contribution in [-0.2, 0) is 0 Å². The number of para-hydroxylation sites is 1. The third-order valence-corrected chi connectivity index (χ3v) is 5.57. The van der Waals surface area contributed by atoms with Gasteiger partial charge in [-0.3, -0.25) is 4.98 Å². The fourth-order valence-electron chi connectivity index (χ4n) is 4.11. The lowest BCUT2D eigenvalue weighted by atomic mass is 10.0. The Morgan fingerprint density at radius 2 is 1.84 bits per heavy atom. The van der Waals surface area contributed by atoms with E-state index in [2.05, 4.69) is 44.8 Å². The predicted octanol–water partition coefficient (Wildman–Crippen LogP) is 4.10. The van der Waals surface area contributed by atoms with Crippen LogP contribution in [0.15, 0.2) is 77.9 Å². The monoisotopic (exact) mass is 411 g/mol. The SMILES string of the molecule is C1=C2c3ccccc3NC(c3ccccn3)N2CN=C1Nc1ccc2c(c1)OCCO2. The fraction of sp³-hybridized carbons (Fsp3) is 0.167. The standard InChI is InChI=1S/C24H21N5O2/c1-2-6-18-17(5-1)20-14-23(27-16-8-9-21-22(13-16)31-12-11-30-21)26-15-29(20)24(28-18)19-7-3-4-10-25-19/h1-10,13-14,24,28H,11-12,15H2,(H,26,27). The van der Waals surface area contributed by atoms with E-state index in [1.54, 1.807) is 0 Å². The summed E-state index contributed by atoms with van der Waals surface area (Å²) in [6, 6.07) is 20.2. The number of fused-ring (bicyclic) bond motifs is 4. The zero-order chi connectivity index (χ0) is 20.6. The van der Waals surface area contributed by atoms with Gasteiger partial charge in [0.05, 0.1) is 11.4 Å². The number of ether oxygens (including phenoxy) is 2. The van der Waals surface area contributed by atoms with E-state index < -0.39 is 0 Å². The lowest BCUT2D eigenvalue weighted by Gasteiger charge is -2.41. The molecule has 7 heteroatoms. The average molecular weight is 411 g/mol. The Hall–Kier alpha value is -4.00. The van der Waals surface area contributed by atoms with E-state index in [9.17, 15) is 0 Å². The van der Waals surface area contributed by atoms with Crippen molar-refractivity contribution in [2.75, 3.05) is 30.5 Å². The van der Waals surface area contributed by atoms with Crippen molar-refractivity contribution in [2.45, 2.75) is 6.17 Å². The Bertz CT molecular complexity index is 1190. The van der Waals surface area contributed by atoms with Crippen LogP contribution < -0.4 is 20.1 Å². The summed E-state index contributed by atoms with van der Waals surface area (Å²) in [7, 11) is 0. The zero-order valence-corrected chi connectivity index (χ0v) is 16.8. The minimum absolute atomic E-state index is 0.0815. The van der Waals surface area contributed by atoms with Gasteiger partial charge in [0.25, 0.3) is 0 Å². The molecule has 1 unspecified atom stereocenters. The summed E-state index contributed by atoms with van der Waals surface area (Å²) in [5.41, 5.74) is 5.21. The summed E-state index contributed by atoms with van der Waals surface area (Å²) >= 11 is 0. The van der Waals surface area contributed by atoms with Crippen LogP contribution in [0.2, 0.25) is 0 Å². The van der Waals surface area contributed by atoms with Crippen molar-refractivity contribution in [1.29, 1.82) is 0 Å². The smallest absolute Gasteiger partial charge is 0.163 e. The summed E-state index contributed by atoms with van der Waals surface area (Å²) in [4.78, 5) is 11.6. The maximum absolute atomic E-state index is 5.70. The highest BCUT2D eigenvalue weighted by molar-refractivity contribution is 6.09. The number of benzene rings is 2. The normalized spacial score (nSPS) is 18.7. The molecule has 0 bridgehead atoms. The van der Waals surface area contributed by atoms with Crippen molar-refractivity contribution >= 4 is 22.9 Å². The van der Waals surface area contributed by atoms with E-state index in [1.807, 2.05) is 48.7 Å². The van der Waals surface area contributed by atoms with Gasteiger partial charge >= 0.3 is 0 Å². The molecule has 2 N–H and O–H groups in total. The Labute approximate surface area is 180 Å². The molecule has 154 valence electrons. The first-order valence-electron chi connectivity index (χ1n) is 10.3. The van der Waals surface area contributed by atoms with Crippen molar-refractivity contribution in [1.82, 2.24) is 9.88 Å². The summed E-state index contributed by atoms with van der Waals surface area (Å²) in [5, 5.41) is 7.04. The third-order valence-electron chi connectivity index (χ3n) is 5.57. The molecule has 7 nitrogen and oxygen atoms in total. The largest absolute Gasteiger partial charge is 0.486 e. The van der Waals surface area contributed by atoms with Gasteiger partial charge in [-0.1, -0.05) is 24.3 Å². The van der Waals surface area contributed by atoms with Crippen LogP contribution in [0.25, 0.3) is 5.70 Å². The first-order valence-corrected chi connectivity index (χ1v) is 10.3. The van der Waals surface area contributed by atoms with E-state index in [0.29, 0.717) is 19.9 Å². The van der Waals surface area contributed by atoms with Crippen LogP contribution in [0, 0.1) is 0 Å². The molecular formula is C24H21N5O2. The molecule has 1 atom stereocenters. The molecule has 0 amide bonds. The summed E-state index contributed by atoms with van der Waals surface area (Å²) in [6.45, 7) is 1.66. The molecule has 2 aromatic carbocycles. The van der Waals surface area contributed by atoms with Gasteiger partial charge in [-0.25, -0.2) is 4.99 Å². The van der Waals surface area contributed by atoms with Crippen LogP contribution in [0.1, 0.15) is 17.4 Å². The number of anilines is 2. The molecule has 3 aliphatic rings. The summed E-state index contributed by atoms with van der Waals surface area (Å²) in [6.07, 6.45) is 3.83. The zero-order valence-electron chi connectivity index (χ0n) is 16.8. The molecule has 4 heterocycles. The lowest BCUT2D eigenvalue weighted by Crippen LogP contribution is -2.40. The van der Waals surface area contributed by atoms with Gasteiger partial charge in [0.15, 0.2) is 11.5 Å². The van der Waals surface area contributed by atoms with Crippen molar-refractivity contribution in [3.05, 3.63) is 84.2 Å². The van der Waals surface area contributed by atoms with Crippen molar-refractivity contribution in [3.63, 3.8) is 0 Å². The Kier molecular flexibility index (Phi) is 4.23. The number of aromatic nitrogens is 1.